The molecule has 2 rings (SSSR count). The summed E-state index contributed by atoms with van der Waals surface area (Å²) in [5, 5.41) is 9.23. The first kappa shape index (κ1) is 19.2. The number of hydrogen-bond acceptors (Lipinski definition) is 4. The van der Waals surface area contributed by atoms with Gasteiger partial charge in [0.2, 0.25) is 0 Å². The van der Waals surface area contributed by atoms with Gasteiger partial charge in [0, 0.05) is 11.9 Å². The van der Waals surface area contributed by atoms with E-state index in [2.05, 4.69) is 10.6 Å². The van der Waals surface area contributed by atoms with Crippen molar-refractivity contribution in [2.75, 3.05) is 18.4 Å². The highest BCUT2D eigenvalue weighted by Crippen LogP contribution is 2.17. The predicted octanol–water partition coefficient (Wildman–Crippen LogP) is 2.89. The molecule has 0 saturated carbocycles. The van der Waals surface area contributed by atoms with E-state index in [0.717, 1.165) is 12.8 Å². The van der Waals surface area contributed by atoms with E-state index in [-0.39, 0.29) is 24.2 Å². The lowest BCUT2D eigenvalue weighted by Crippen LogP contribution is -2.26. The van der Waals surface area contributed by atoms with Crippen molar-refractivity contribution in [1.29, 1.82) is 0 Å². The van der Waals surface area contributed by atoms with Gasteiger partial charge in [0.1, 0.15) is 0 Å². The number of thiophene rings is 1. The Bertz CT molecular complexity index is 632. The number of nitrogens with one attached hydrogen (secondary N) is 2. The largest absolute Gasteiger partial charge is 0.352 e. The zero-order valence-electron chi connectivity index (χ0n) is 12.6. The van der Waals surface area contributed by atoms with Crippen molar-refractivity contribution in [3.05, 3.63) is 52.2 Å². The molecule has 0 aliphatic rings. The minimum atomic E-state index is -0.218. The van der Waals surface area contributed by atoms with Crippen LogP contribution >= 0.6 is 23.7 Å². The summed E-state index contributed by atoms with van der Waals surface area (Å²) in [5.41, 5.74) is 6.98. The highest BCUT2D eigenvalue weighted by atomic mass is 35.5. The smallest absolute Gasteiger partial charge is 0.256 e. The van der Waals surface area contributed by atoms with Crippen LogP contribution in [0, 0.1) is 0 Å². The average molecular weight is 354 g/mol. The van der Waals surface area contributed by atoms with Gasteiger partial charge in [-0.15, -0.1) is 12.4 Å². The number of anilines is 1. The van der Waals surface area contributed by atoms with E-state index in [1.807, 2.05) is 5.38 Å². The average Bonchev–Trinajstić information content (AvgIpc) is 3.06. The second-order valence-corrected chi connectivity index (χ2v) is 5.54. The first-order chi connectivity index (χ1) is 10.7. The van der Waals surface area contributed by atoms with Gasteiger partial charge in [0.05, 0.1) is 16.8 Å². The summed E-state index contributed by atoms with van der Waals surface area (Å²) in [5.74, 6) is -0.414. The number of amides is 2. The van der Waals surface area contributed by atoms with Crippen LogP contribution < -0.4 is 16.4 Å². The molecule has 1 aromatic heterocycles. The molecule has 1 aromatic carbocycles. The van der Waals surface area contributed by atoms with Gasteiger partial charge in [0.15, 0.2) is 0 Å². The van der Waals surface area contributed by atoms with Crippen molar-refractivity contribution in [3.8, 4) is 0 Å². The summed E-state index contributed by atoms with van der Waals surface area (Å²) in [6, 6.07) is 8.72. The van der Waals surface area contributed by atoms with Gasteiger partial charge in [-0.1, -0.05) is 12.1 Å². The van der Waals surface area contributed by atoms with Gasteiger partial charge in [-0.3, -0.25) is 9.59 Å². The minimum absolute atomic E-state index is 0. The third kappa shape index (κ3) is 5.67. The molecule has 1 heterocycles. The molecule has 0 radical (unpaired) electrons. The Morgan fingerprint density at radius 3 is 2.57 bits per heavy atom. The van der Waals surface area contributed by atoms with Crippen molar-refractivity contribution >= 4 is 41.2 Å². The maximum absolute atomic E-state index is 12.2. The quantitative estimate of drug-likeness (QED) is 0.669. The van der Waals surface area contributed by atoms with Gasteiger partial charge >= 0.3 is 0 Å². The summed E-state index contributed by atoms with van der Waals surface area (Å²) in [6.07, 6.45) is 1.71. The molecule has 0 bridgehead atoms. The van der Waals surface area contributed by atoms with Crippen LogP contribution in [0.4, 0.5) is 5.69 Å². The number of hydrogen-bond donors (Lipinski definition) is 3. The Kier molecular flexibility index (Phi) is 8.32. The summed E-state index contributed by atoms with van der Waals surface area (Å²) in [7, 11) is 0. The molecule has 2 aromatic rings. The summed E-state index contributed by atoms with van der Waals surface area (Å²) in [4.78, 5) is 24.3. The molecule has 23 heavy (non-hydrogen) atoms. The molecule has 0 aliphatic carbocycles. The molecule has 0 aliphatic heterocycles. The molecule has 4 N–H and O–H groups in total. The van der Waals surface area contributed by atoms with Crippen LogP contribution in [0.25, 0.3) is 0 Å². The zero-order valence-corrected chi connectivity index (χ0v) is 14.2. The Labute approximate surface area is 145 Å². The van der Waals surface area contributed by atoms with Gasteiger partial charge in [-0.25, -0.2) is 0 Å². The van der Waals surface area contributed by atoms with Crippen LogP contribution in [0.5, 0.6) is 0 Å². The van der Waals surface area contributed by atoms with Crippen molar-refractivity contribution in [2.45, 2.75) is 12.8 Å². The van der Waals surface area contributed by atoms with Crippen molar-refractivity contribution in [2.24, 2.45) is 5.73 Å². The zero-order chi connectivity index (χ0) is 15.8. The number of para-hydroxylation sites is 1. The fraction of sp³-hybridized carbons (Fsp3) is 0.250. The number of rotatable bonds is 7. The van der Waals surface area contributed by atoms with E-state index in [4.69, 9.17) is 5.73 Å². The molecule has 0 atom stereocenters. The Balaban J connectivity index is 0.00000264. The van der Waals surface area contributed by atoms with Gasteiger partial charge in [-0.2, -0.15) is 11.3 Å². The second kappa shape index (κ2) is 9.99. The van der Waals surface area contributed by atoms with Crippen LogP contribution in [0.15, 0.2) is 41.1 Å². The standard InChI is InChI=1S/C16H19N3O2S.ClH/c17-8-3-4-9-18-16(21)13-5-1-2-6-14(13)19-15(20)12-7-10-22-11-12;/h1-2,5-7,10-11H,3-4,8-9,17H2,(H,18,21)(H,19,20);1H. The number of halogens is 1. The number of unbranched alkanes of at least 4 members (excludes halogenated alkanes) is 1. The van der Waals surface area contributed by atoms with E-state index < -0.39 is 0 Å². The number of benzene rings is 1. The maximum Gasteiger partial charge on any atom is 0.256 e. The van der Waals surface area contributed by atoms with Gasteiger partial charge in [-0.05, 0) is 43.0 Å². The molecule has 124 valence electrons. The summed E-state index contributed by atoms with van der Waals surface area (Å²) < 4.78 is 0. The maximum atomic E-state index is 12.2. The fourth-order valence-electron chi connectivity index (χ4n) is 1.94. The van der Waals surface area contributed by atoms with Crippen molar-refractivity contribution in [3.63, 3.8) is 0 Å². The normalized spacial score (nSPS) is 9.78. The van der Waals surface area contributed by atoms with Gasteiger partial charge < -0.3 is 16.4 Å². The molecule has 5 nitrogen and oxygen atoms in total. The molecule has 7 heteroatoms. The van der Waals surface area contributed by atoms with E-state index in [9.17, 15) is 9.59 Å². The third-order valence-corrected chi connectivity index (χ3v) is 3.80. The molecule has 0 unspecified atom stereocenters. The third-order valence-electron chi connectivity index (χ3n) is 3.12. The molecule has 0 saturated heterocycles. The summed E-state index contributed by atoms with van der Waals surface area (Å²) >= 11 is 1.45. The number of carbonyl (C=O) groups is 2. The minimum Gasteiger partial charge on any atom is -0.352 e. The van der Waals surface area contributed by atoms with Crippen molar-refractivity contribution < 1.29 is 9.59 Å². The Morgan fingerprint density at radius 1 is 1.09 bits per heavy atom. The van der Waals surface area contributed by atoms with Crippen LogP contribution in [0.2, 0.25) is 0 Å². The lowest BCUT2D eigenvalue weighted by atomic mass is 10.1. The lowest BCUT2D eigenvalue weighted by molar-refractivity contribution is 0.0954. The van der Waals surface area contributed by atoms with E-state index >= 15 is 0 Å². The monoisotopic (exact) mass is 353 g/mol. The SMILES string of the molecule is Cl.NCCCCNC(=O)c1ccccc1NC(=O)c1ccsc1. The van der Waals surface area contributed by atoms with Crippen LogP contribution in [0.1, 0.15) is 33.6 Å². The van der Waals surface area contributed by atoms with Crippen LogP contribution in [-0.2, 0) is 0 Å². The highest BCUT2D eigenvalue weighted by Gasteiger charge is 2.13. The summed E-state index contributed by atoms with van der Waals surface area (Å²) in [6.45, 7) is 1.19. The van der Waals surface area contributed by atoms with Gasteiger partial charge in [0.25, 0.3) is 11.8 Å². The first-order valence-electron chi connectivity index (χ1n) is 7.13. The topological polar surface area (TPSA) is 84.2 Å². The first-order valence-corrected chi connectivity index (χ1v) is 8.07. The molecule has 2 amide bonds. The number of carbonyl (C=O) groups excluding carboxylic acids is 2. The molecule has 0 fully saturated rings. The lowest BCUT2D eigenvalue weighted by Gasteiger charge is -2.11. The van der Waals surface area contributed by atoms with E-state index in [1.54, 1.807) is 35.7 Å². The fourth-order valence-corrected chi connectivity index (χ4v) is 2.58. The molecular formula is C16H20ClN3O2S. The van der Waals surface area contributed by atoms with Crippen molar-refractivity contribution in [1.82, 2.24) is 5.32 Å². The molecular weight excluding hydrogens is 334 g/mol. The Hall–Kier alpha value is -1.89. The Morgan fingerprint density at radius 2 is 1.87 bits per heavy atom. The molecule has 0 spiro atoms. The van der Waals surface area contributed by atoms with Crippen LogP contribution in [0.3, 0.4) is 0 Å². The highest BCUT2D eigenvalue weighted by molar-refractivity contribution is 7.08. The van der Waals surface area contributed by atoms with Crippen LogP contribution in [-0.4, -0.2) is 24.9 Å². The van der Waals surface area contributed by atoms with E-state index in [0.29, 0.717) is 29.9 Å². The number of nitrogens with two attached hydrogens (primary N) is 1. The van der Waals surface area contributed by atoms with E-state index in [1.165, 1.54) is 11.3 Å². The second-order valence-electron chi connectivity index (χ2n) is 4.76. The predicted molar refractivity (Wildman–Crippen MR) is 96.6 cm³/mol.